The van der Waals surface area contributed by atoms with Gasteiger partial charge in [-0.05, 0) is 24.3 Å². The van der Waals surface area contributed by atoms with Crippen molar-refractivity contribution in [3.63, 3.8) is 0 Å². The van der Waals surface area contributed by atoms with E-state index in [1.165, 1.54) is 6.20 Å². The van der Waals surface area contributed by atoms with Crippen LogP contribution in [0, 0.1) is 11.3 Å². The summed E-state index contributed by atoms with van der Waals surface area (Å²) < 4.78 is 0. The molecule has 0 aliphatic carbocycles. The van der Waals surface area contributed by atoms with Crippen LogP contribution in [0.15, 0.2) is 36.7 Å². The summed E-state index contributed by atoms with van der Waals surface area (Å²) in [5, 5.41) is 8.79. The van der Waals surface area contributed by atoms with Crippen molar-refractivity contribution in [2.75, 3.05) is 11.5 Å². The largest absolute Gasteiger partial charge is 0.399 e. The molecule has 7 heteroatoms. The van der Waals surface area contributed by atoms with Gasteiger partial charge < -0.3 is 11.5 Å². The molecule has 1 aromatic heterocycles. The highest BCUT2D eigenvalue weighted by atomic mass is 35.5. The van der Waals surface area contributed by atoms with Gasteiger partial charge in [-0.1, -0.05) is 0 Å². The minimum Gasteiger partial charge on any atom is -0.399 e. The van der Waals surface area contributed by atoms with Crippen molar-refractivity contribution in [3.8, 4) is 17.2 Å². The monoisotopic (exact) mass is 318 g/mol. The first kappa shape index (κ1) is 19.7. The third-order valence-electron chi connectivity index (χ3n) is 2.26. The molecule has 0 atom stereocenters. The zero-order valence-electron chi connectivity index (χ0n) is 9.74. The number of nitrogens with zero attached hydrogens (tertiary/aromatic N) is 2. The quantitative estimate of drug-likeness (QED) is 0.791. The van der Waals surface area contributed by atoms with Crippen molar-refractivity contribution in [1.82, 2.24) is 4.98 Å². The number of benzene rings is 1. The topological polar surface area (TPSA) is 88.7 Å². The Labute approximate surface area is 130 Å². The molecular weight excluding hydrogens is 307 g/mol. The van der Waals surface area contributed by atoms with E-state index in [0.29, 0.717) is 16.9 Å². The van der Waals surface area contributed by atoms with Crippen molar-refractivity contribution in [1.29, 1.82) is 5.26 Å². The first-order chi connectivity index (χ1) is 7.70. The number of nitrogen functional groups attached to an aromatic ring is 2. The Bertz CT molecular complexity index is 581. The Morgan fingerprint density at radius 1 is 1.00 bits per heavy atom. The number of anilines is 2. The lowest BCUT2D eigenvalue weighted by Gasteiger charge is -2.06. The van der Waals surface area contributed by atoms with E-state index in [0.717, 1.165) is 11.1 Å². The van der Waals surface area contributed by atoms with Crippen LogP contribution in [0.1, 0.15) is 5.56 Å². The zero-order valence-corrected chi connectivity index (χ0v) is 12.2. The molecular formula is C12H13Cl3N4. The lowest BCUT2D eigenvalue weighted by atomic mass is 10.0. The molecule has 0 fully saturated rings. The average Bonchev–Trinajstić information content (AvgIpc) is 2.32. The molecule has 4 nitrogen and oxygen atoms in total. The molecule has 0 saturated carbocycles. The van der Waals surface area contributed by atoms with Crippen LogP contribution in [0.2, 0.25) is 0 Å². The molecule has 19 heavy (non-hydrogen) atoms. The second kappa shape index (κ2) is 8.44. The van der Waals surface area contributed by atoms with E-state index in [1.54, 1.807) is 30.5 Å². The van der Waals surface area contributed by atoms with Gasteiger partial charge in [-0.3, -0.25) is 4.98 Å². The van der Waals surface area contributed by atoms with Crippen LogP contribution in [-0.4, -0.2) is 4.98 Å². The highest BCUT2D eigenvalue weighted by Crippen LogP contribution is 2.27. The van der Waals surface area contributed by atoms with Gasteiger partial charge in [-0.15, -0.1) is 37.2 Å². The number of halogens is 3. The van der Waals surface area contributed by atoms with E-state index in [2.05, 4.69) is 4.98 Å². The van der Waals surface area contributed by atoms with E-state index >= 15 is 0 Å². The summed E-state index contributed by atoms with van der Waals surface area (Å²) in [6.45, 7) is 0. The molecule has 0 radical (unpaired) electrons. The van der Waals surface area contributed by atoms with E-state index in [1.807, 2.05) is 6.07 Å². The molecule has 1 aromatic carbocycles. The van der Waals surface area contributed by atoms with Crippen LogP contribution < -0.4 is 11.5 Å². The molecule has 0 unspecified atom stereocenters. The predicted octanol–water partition coefficient (Wildman–Crippen LogP) is 3.05. The van der Waals surface area contributed by atoms with Crippen LogP contribution >= 0.6 is 37.2 Å². The van der Waals surface area contributed by atoms with Crippen LogP contribution in [0.25, 0.3) is 11.1 Å². The standard InChI is InChI=1S/C12H10N4.3ClH/c13-5-8-3-9(7-16-6-8)11-4-10(14)1-2-12(11)15;;;/h1-4,6-7H,14-15H2;3*1H. The van der Waals surface area contributed by atoms with Gasteiger partial charge in [0.1, 0.15) is 6.07 Å². The lowest BCUT2D eigenvalue weighted by molar-refractivity contribution is 1.30. The Morgan fingerprint density at radius 3 is 2.32 bits per heavy atom. The van der Waals surface area contributed by atoms with Gasteiger partial charge in [0.05, 0.1) is 5.56 Å². The number of hydrogen-bond donors (Lipinski definition) is 2. The number of rotatable bonds is 1. The molecule has 0 aliphatic rings. The van der Waals surface area contributed by atoms with E-state index < -0.39 is 0 Å². The molecule has 102 valence electrons. The maximum atomic E-state index is 8.79. The second-order valence-electron chi connectivity index (χ2n) is 3.42. The molecule has 0 spiro atoms. The molecule has 0 aliphatic heterocycles. The number of hydrogen-bond acceptors (Lipinski definition) is 4. The third kappa shape index (κ3) is 4.49. The Hall–Kier alpha value is -1.67. The smallest absolute Gasteiger partial charge is 0.101 e. The molecule has 0 amide bonds. The molecule has 0 bridgehead atoms. The fourth-order valence-corrected chi connectivity index (χ4v) is 1.47. The maximum Gasteiger partial charge on any atom is 0.101 e. The average molecular weight is 320 g/mol. The van der Waals surface area contributed by atoms with Gasteiger partial charge in [0, 0.05) is 34.9 Å². The highest BCUT2D eigenvalue weighted by Gasteiger charge is 2.04. The molecule has 2 rings (SSSR count). The highest BCUT2D eigenvalue weighted by molar-refractivity contribution is 5.86. The summed E-state index contributed by atoms with van der Waals surface area (Å²) in [6, 6.07) is 9.02. The number of aromatic nitrogens is 1. The second-order valence-corrected chi connectivity index (χ2v) is 3.42. The molecule has 2 aromatic rings. The van der Waals surface area contributed by atoms with E-state index in [4.69, 9.17) is 16.7 Å². The molecule has 4 N–H and O–H groups in total. The van der Waals surface area contributed by atoms with Gasteiger partial charge in [0.2, 0.25) is 0 Å². The normalized spacial score (nSPS) is 8.16. The fourth-order valence-electron chi connectivity index (χ4n) is 1.47. The summed E-state index contributed by atoms with van der Waals surface area (Å²) in [5.41, 5.74) is 14.9. The fraction of sp³-hybridized carbons (Fsp3) is 0. The first-order valence-corrected chi connectivity index (χ1v) is 4.71. The van der Waals surface area contributed by atoms with Gasteiger partial charge >= 0.3 is 0 Å². The third-order valence-corrected chi connectivity index (χ3v) is 2.26. The Kier molecular flexibility index (Phi) is 8.73. The number of nitriles is 1. The summed E-state index contributed by atoms with van der Waals surface area (Å²) in [7, 11) is 0. The van der Waals surface area contributed by atoms with E-state index in [9.17, 15) is 0 Å². The van der Waals surface area contributed by atoms with Crippen molar-refractivity contribution < 1.29 is 0 Å². The van der Waals surface area contributed by atoms with Gasteiger partial charge in [0.25, 0.3) is 0 Å². The van der Waals surface area contributed by atoms with Crippen molar-refractivity contribution in [3.05, 3.63) is 42.2 Å². The van der Waals surface area contributed by atoms with Gasteiger partial charge in [0.15, 0.2) is 0 Å². The van der Waals surface area contributed by atoms with Crippen molar-refractivity contribution in [2.24, 2.45) is 0 Å². The van der Waals surface area contributed by atoms with Gasteiger partial charge in [-0.2, -0.15) is 5.26 Å². The maximum absolute atomic E-state index is 8.79. The molecule has 0 saturated heterocycles. The zero-order chi connectivity index (χ0) is 11.5. The van der Waals surface area contributed by atoms with Crippen LogP contribution in [0.4, 0.5) is 11.4 Å². The minimum atomic E-state index is 0. The van der Waals surface area contributed by atoms with Gasteiger partial charge in [-0.25, -0.2) is 0 Å². The van der Waals surface area contributed by atoms with Crippen LogP contribution in [0.3, 0.4) is 0 Å². The Morgan fingerprint density at radius 2 is 1.68 bits per heavy atom. The SMILES string of the molecule is Cl.Cl.Cl.N#Cc1cncc(-c2cc(N)ccc2N)c1. The van der Waals surface area contributed by atoms with Crippen molar-refractivity contribution in [2.45, 2.75) is 0 Å². The van der Waals surface area contributed by atoms with Crippen LogP contribution in [-0.2, 0) is 0 Å². The summed E-state index contributed by atoms with van der Waals surface area (Å²) in [4.78, 5) is 3.98. The first-order valence-electron chi connectivity index (χ1n) is 4.71. The number of nitrogens with two attached hydrogens (primary N) is 2. The summed E-state index contributed by atoms with van der Waals surface area (Å²) in [6.07, 6.45) is 3.16. The van der Waals surface area contributed by atoms with Crippen LogP contribution in [0.5, 0.6) is 0 Å². The minimum absolute atomic E-state index is 0. The van der Waals surface area contributed by atoms with Crippen molar-refractivity contribution >= 4 is 48.6 Å². The summed E-state index contributed by atoms with van der Waals surface area (Å²) in [5.74, 6) is 0. The Balaban J connectivity index is 0. The number of pyridine rings is 1. The summed E-state index contributed by atoms with van der Waals surface area (Å²) >= 11 is 0. The molecule has 1 heterocycles. The lowest BCUT2D eigenvalue weighted by Crippen LogP contribution is -1.93. The predicted molar refractivity (Wildman–Crippen MR) is 85.0 cm³/mol. The van der Waals surface area contributed by atoms with E-state index in [-0.39, 0.29) is 37.2 Å².